The van der Waals surface area contributed by atoms with E-state index in [0.29, 0.717) is 18.0 Å². The van der Waals surface area contributed by atoms with Crippen LogP contribution in [0, 0.1) is 5.92 Å². The first-order valence-corrected chi connectivity index (χ1v) is 10.4. The lowest BCUT2D eigenvalue weighted by Gasteiger charge is -2.40. The second kappa shape index (κ2) is 8.27. The zero-order valence-corrected chi connectivity index (χ0v) is 17.0. The molecule has 1 saturated heterocycles. The van der Waals surface area contributed by atoms with Gasteiger partial charge in [0.2, 0.25) is 0 Å². The van der Waals surface area contributed by atoms with Crippen LogP contribution < -0.4 is 10.2 Å². The van der Waals surface area contributed by atoms with Crippen LogP contribution in [0.15, 0.2) is 36.5 Å². The Bertz CT molecular complexity index is 924. The summed E-state index contributed by atoms with van der Waals surface area (Å²) < 4.78 is 0. The average molecular weight is 381 g/mol. The van der Waals surface area contributed by atoms with E-state index >= 15 is 0 Å². The number of piperazine rings is 1. The molecule has 0 aliphatic carbocycles. The molecular weight excluding hydrogens is 348 g/mol. The van der Waals surface area contributed by atoms with Crippen molar-refractivity contribution in [1.82, 2.24) is 25.5 Å². The molecule has 0 saturated carbocycles. The van der Waals surface area contributed by atoms with Gasteiger partial charge in [0.25, 0.3) is 0 Å². The first-order chi connectivity index (χ1) is 13.6. The Balaban J connectivity index is 0.00000240. The highest BCUT2D eigenvalue weighted by molar-refractivity contribution is 5.89. The van der Waals surface area contributed by atoms with Crippen molar-refractivity contribution in [2.24, 2.45) is 5.92 Å². The second-order valence-electron chi connectivity index (χ2n) is 8.24. The van der Waals surface area contributed by atoms with Gasteiger partial charge in [-0.25, -0.2) is 9.97 Å². The number of hydrogen-bond donors (Lipinski definition) is 2. The lowest BCUT2D eigenvalue weighted by molar-refractivity contribution is 0.317. The van der Waals surface area contributed by atoms with E-state index in [2.05, 4.69) is 58.3 Å². The molecule has 4 rings (SSSR count). The zero-order chi connectivity index (χ0) is 19.5. The van der Waals surface area contributed by atoms with Gasteiger partial charge < -0.3 is 10.2 Å². The van der Waals surface area contributed by atoms with Gasteiger partial charge in [0, 0.05) is 38.2 Å². The highest BCUT2D eigenvalue weighted by Gasteiger charge is 2.27. The molecule has 1 aliphatic rings. The van der Waals surface area contributed by atoms with Crippen molar-refractivity contribution in [1.29, 1.82) is 0 Å². The number of aromatic nitrogens is 4. The summed E-state index contributed by atoms with van der Waals surface area (Å²) in [6, 6.07) is 11.3. The van der Waals surface area contributed by atoms with Gasteiger partial charge in [-0.15, -0.1) is 0 Å². The van der Waals surface area contributed by atoms with E-state index in [1.165, 1.54) is 19.3 Å². The number of H-pyrrole nitrogens is 1. The molecule has 0 amide bonds. The smallest absolute Gasteiger partial charge is 0.181 e. The Morgan fingerprint density at radius 1 is 1.18 bits per heavy atom. The standard InChI is InChI=1S/C22H30N6.H2/c1-4-7-16-13-28(14-17(24-16)12-15(2)3)20-10-5-9-19(25-20)21-18-8-6-11-23-22(18)27-26-21;/h5-6,8-11,15-17,24H,4,7,12-14H2,1-3H3,(H,23,26,27);1H/t16-,17+;/m1./s1. The normalized spacial score (nSPS) is 20.2. The predicted molar refractivity (Wildman–Crippen MR) is 117 cm³/mol. The van der Waals surface area contributed by atoms with Crippen molar-refractivity contribution in [2.45, 2.75) is 52.1 Å². The van der Waals surface area contributed by atoms with Gasteiger partial charge >= 0.3 is 0 Å². The largest absolute Gasteiger partial charge is 0.353 e. The van der Waals surface area contributed by atoms with Crippen molar-refractivity contribution in [3.05, 3.63) is 36.5 Å². The molecule has 0 aromatic carbocycles. The van der Waals surface area contributed by atoms with E-state index < -0.39 is 0 Å². The molecule has 1 aliphatic heterocycles. The average Bonchev–Trinajstić information content (AvgIpc) is 3.12. The van der Waals surface area contributed by atoms with Gasteiger partial charge in [-0.2, -0.15) is 5.10 Å². The van der Waals surface area contributed by atoms with Crippen molar-refractivity contribution in [2.75, 3.05) is 18.0 Å². The van der Waals surface area contributed by atoms with Crippen molar-refractivity contribution in [3.63, 3.8) is 0 Å². The Hall–Kier alpha value is -2.47. The van der Waals surface area contributed by atoms with Crippen LogP contribution in [0.25, 0.3) is 22.4 Å². The number of nitrogens with one attached hydrogen (secondary N) is 2. The van der Waals surface area contributed by atoms with Gasteiger partial charge in [0.15, 0.2) is 5.65 Å². The van der Waals surface area contributed by atoms with Gasteiger partial charge in [-0.05, 0) is 43.0 Å². The molecule has 2 atom stereocenters. The van der Waals surface area contributed by atoms with E-state index in [1.807, 2.05) is 18.2 Å². The number of fused-ring (bicyclic) bond motifs is 1. The van der Waals surface area contributed by atoms with E-state index in [-0.39, 0.29) is 1.43 Å². The van der Waals surface area contributed by atoms with Crippen molar-refractivity contribution >= 4 is 16.9 Å². The summed E-state index contributed by atoms with van der Waals surface area (Å²) in [5, 5.41) is 12.3. The van der Waals surface area contributed by atoms with Crippen LogP contribution in [0.4, 0.5) is 5.82 Å². The van der Waals surface area contributed by atoms with E-state index in [9.17, 15) is 0 Å². The fourth-order valence-corrected chi connectivity index (χ4v) is 4.25. The van der Waals surface area contributed by atoms with Crippen LogP contribution in [0.5, 0.6) is 0 Å². The van der Waals surface area contributed by atoms with E-state index in [1.54, 1.807) is 6.20 Å². The number of rotatable bonds is 6. The SMILES string of the molecule is CCC[C@@H]1CN(c2cccc(-c3[nH]nc4ncccc34)n2)C[C@H](CC(C)C)N1.[HH]. The van der Waals surface area contributed by atoms with Crippen LogP contribution in [-0.2, 0) is 0 Å². The zero-order valence-electron chi connectivity index (χ0n) is 17.0. The summed E-state index contributed by atoms with van der Waals surface area (Å²) in [4.78, 5) is 11.8. The molecule has 28 heavy (non-hydrogen) atoms. The minimum absolute atomic E-state index is 0. The highest BCUT2D eigenvalue weighted by atomic mass is 15.3. The minimum atomic E-state index is 0. The monoisotopic (exact) mass is 380 g/mol. The summed E-state index contributed by atoms with van der Waals surface area (Å²) in [6.45, 7) is 8.86. The molecule has 0 radical (unpaired) electrons. The number of nitrogens with zero attached hydrogens (tertiary/aromatic N) is 4. The molecule has 1 fully saturated rings. The Labute approximate surface area is 168 Å². The van der Waals surface area contributed by atoms with E-state index in [0.717, 1.165) is 41.3 Å². The van der Waals surface area contributed by atoms with Crippen LogP contribution in [0.1, 0.15) is 41.5 Å². The first-order valence-electron chi connectivity index (χ1n) is 10.4. The number of hydrogen-bond acceptors (Lipinski definition) is 5. The third-order valence-electron chi connectivity index (χ3n) is 5.39. The maximum Gasteiger partial charge on any atom is 0.181 e. The number of pyridine rings is 2. The van der Waals surface area contributed by atoms with Crippen LogP contribution in [0.3, 0.4) is 0 Å². The fourth-order valence-electron chi connectivity index (χ4n) is 4.25. The third-order valence-corrected chi connectivity index (χ3v) is 5.39. The molecule has 0 bridgehead atoms. The van der Waals surface area contributed by atoms with Gasteiger partial charge in [-0.3, -0.25) is 5.10 Å². The number of anilines is 1. The predicted octanol–water partition coefficient (Wildman–Crippen LogP) is 4.26. The highest BCUT2D eigenvalue weighted by Crippen LogP contribution is 2.26. The van der Waals surface area contributed by atoms with E-state index in [4.69, 9.17) is 4.98 Å². The molecule has 3 aromatic rings. The molecular formula is C22H32N6. The topological polar surface area (TPSA) is 69.7 Å². The summed E-state index contributed by atoms with van der Waals surface area (Å²) in [5.74, 6) is 1.73. The maximum atomic E-state index is 5.00. The number of aromatic amines is 1. The lowest BCUT2D eigenvalue weighted by Crippen LogP contribution is -2.57. The summed E-state index contributed by atoms with van der Waals surface area (Å²) in [5.41, 5.74) is 2.58. The van der Waals surface area contributed by atoms with Crippen LogP contribution in [0.2, 0.25) is 0 Å². The summed E-state index contributed by atoms with van der Waals surface area (Å²) >= 11 is 0. The van der Waals surface area contributed by atoms with Gasteiger partial charge in [-0.1, -0.05) is 33.3 Å². The third kappa shape index (κ3) is 4.02. The Morgan fingerprint density at radius 2 is 2.04 bits per heavy atom. The van der Waals surface area contributed by atoms with Crippen LogP contribution >= 0.6 is 0 Å². The Morgan fingerprint density at radius 3 is 2.86 bits per heavy atom. The van der Waals surface area contributed by atoms with Gasteiger partial charge in [0.05, 0.1) is 11.4 Å². The molecule has 3 aromatic heterocycles. The fraction of sp³-hybridized carbons (Fsp3) is 0.500. The quantitative estimate of drug-likeness (QED) is 0.669. The summed E-state index contributed by atoms with van der Waals surface area (Å²) in [6.07, 6.45) is 5.34. The molecule has 6 nitrogen and oxygen atoms in total. The maximum absolute atomic E-state index is 5.00. The van der Waals surface area contributed by atoms with Crippen molar-refractivity contribution in [3.8, 4) is 11.4 Å². The molecule has 4 heterocycles. The van der Waals surface area contributed by atoms with Crippen molar-refractivity contribution < 1.29 is 1.43 Å². The minimum Gasteiger partial charge on any atom is -0.353 e. The summed E-state index contributed by atoms with van der Waals surface area (Å²) in [7, 11) is 0. The molecule has 150 valence electrons. The molecule has 0 spiro atoms. The molecule has 0 unspecified atom stereocenters. The van der Waals surface area contributed by atoms with Crippen LogP contribution in [-0.4, -0.2) is 45.3 Å². The molecule has 6 heteroatoms. The molecule has 2 N–H and O–H groups in total. The second-order valence-corrected chi connectivity index (χ2v) is 8.24. The Kier molecular flexibility index (Phi) is 5.57. The first kappa shape index (κ1) is 18.9. The van der Waals surface area contributed by atoms with Gasteiger partial charge in [0.1, 0.15) is 5.82 Å². The lowest BCUT2D eigenvalue weighted by atomic mass is 9.98.